The average Bonchev–Trinajstić information content (AvgIpc) is 2.39. The number of carboxylic acids is 1. The number of hydrogen-bond donors (Lipinski definition) is 1. The van der Waals surface area contributed by atoms with E-state index in [2.05, 4.69) is 29.1 Å². The van der Waals surface area contributed by atoms with E-state index in [1.165, 1.54) is 0 Å². The van der Waals surface area contributed by atoms with Crippen LogP contribution in [-0.4, -0.2) is 11.1 Å². The minimum absolute atomic E-state index is 0.288. The molecule has 0 aliphatic rings. The van der Waals surface area contributed by atoms with E-state index in [1.807, 2.05) is 30.3 Å². The lowest BCUT2D eigenvalue weighted by molar-refractivity contribution is -0.147. The molecule has 1 N–H and O–H groups in total. The van der Waals surface area contributed by atoms with Crippen LogP contribution in [0.1, 0.15) is 25.3 Å². The summed E-state index contributed by atoms with van der Waals surface area (Å²) in [5.41, 5.74) is 0.833. The van der Waals surface area contributed by atoms with E-state index in [9.17, 15) is 9.90 Å². The minimum Gasteiger partial charge on any atom is -0.481 e. The monoisotopic (exact) mass is 334 g/mol. The molecular formula is C17H19BrO2. The number of allylic oxidation sites excluding steroid dienone is 4. The summed E-state index contributed by atoms with van der Waals surface area (Å²) in [5.74, 6) is -1.13. The fraction of sp³-hybridized carbons (Fsp3) is 0.235. The van der Waals surface area contributed by atoms with Gasteiger partial charge in [-0.05, 0) is 37.1 Å². The predicted molar refractivity (Wildman–Crippen MR) is 86.8 cm³/mol. The zero-order valence-corrected chi connectivity index (χ0v) is 13.4. The van der Waals surface area contributed by atoms with Crippen LogP contribution in [0.15, 0.2) is 65.7 Å². The molecule has 1 atom stereocenters. The summed E-state index contributed by atoms with van der Waals surface area (Å²) in [6.07, 6.45) is 5.16. The lowest BCUT2D eigenvalue weighted by atomic mass is 9.71. The van der Waals surface area contributed by atoms with Crippen LogP contribution in [-0.2, 0) is 4.79 Å². The van der Waals surface area contributed by atoms with E-state index in [1.54, 1.807) is 26.0 Å². The molecule has 0 aliphatic carbocycles. The van der Waals surface area contributed by atoms with Crippen molar-refractivity contribution in [3.63, 3.8) is 0 Å². The first-order valence-electron chi connectivity index (χ1n) is 6.28. The number of rotatable bonds is 6. The number of benzene rings is 1. The highest BCUT2D eigenvalue weighted by Crippen LogP contribution is 2.42. The molecule has 106 valence electrons. The second kappa shape index (κ2) is 6.71. The molecule has 1 rings (SSSR count). The summed E-state index contributed by atoms with van der Waals surface area (Å²) >= 11 is 3.39. The minimum atomic E-state index is -0.948. The molecule has 0 aromatic heterocycles. The normalized spacial score (nSPS) is 13.7. The van der Waals surface area contributed by atoms with Crippen LogP contribution in [0.4, 0.5) is 0 Å². The summed E-state index contributed by atoms with van der Waals surface area (Å²) in [5, 5.41) is 9.54. The van der Waals surface area contributed by atoms with Crippen molar-refractivity contribution >= 4 is 21.9 Å². The highest BCUT2D eigenvalue weighted by atomic mass is 79.9. The molecule has 1 unspecified atom stereocenters. The van der Waals surface area contributed by atoms with Gasteiger partial charge >= 0.3 is 5.97 Å². The van der Waals surface area contributed by atoms with Gasteiger partial charge in [-0.2, -0.15) is 0 Å². The van der Waals surface area contributed by atoms with E-state index < -0.39 is 11.4 Å². The topological polar surface area (TPSA) is 37.3 Å². The molecule has 0 saturated carbocycles. The molecule has 0 spiro atoms. The van der Waals surface area contributed by atoms with Crippen LogP contribution in [0.2, 0.25) is 0 Å². The zero-order chi connectivity index (χ0) is 15.3. The number of halogens is 1. The Balaban J connectivity index is 3.45. The SMILES string of the molecule is C=C/C=C(\C=C)C(c1ccc(Br)cc1)C(C)(C)C(=O)O. The van der Waals surface area contributed by atoms with Crippen LogP contribution in [0.5, 0.6) is 0 Å². The first-order valence-corrected chi connectivity index (χ1v) is 7.07. The lowest BCUT2D eigenvalue weighted by Crippen LogP contribution is -2.32. The second-order valence-corrected chi connectivity index (χ2v) is 6.03. The van der Waals surface area contributed by atoms with Crippen molar-refractivity contribution in [1.29, 1.82) is 0 Å². The van der Waals surface area contributed by atoms with E-state index in [0.29, 0.717) is 0 Å². The zero-order valence-electron chi connectivity index (χ0n) is 11.8. The Morgan fingerprint density at radius 2 is 1.85 bits per heavy atom. The third kappa shape index (κ3) is 3.48. The second-order valence-electron chi connectivity index (χ2n) is 5.12. The van der Waals surface area contributed by atoms with Crippen molar-refractivity contribution < 1.29 is 9.90 Å². The Kier molecular flexibility index (Phi) is 5.52. The van der Waals surface area contributed by atoms with Gasteiger partial charge in [0.25, 0.3) is 0 Å². The van der Waals surface area contributed by atoms with Gasteiger partial charge in [-0.25, -0.2) is 0 Å². The Hall–Kier alpha value is -1.61. The smallest absolute Gasteiger partial charge is 0.310 e. The molecular weight excluding hydrogens is 316 g/mol. The summed E-state index contributed by atoms with van der Waals surface area (Å²) in [6, 6.07) is 7.68. The van der Waals surface area contributed by atoms with Crippen LogP contribution >= 0.6 is 15.9 Å². The molecule has 0 saturated heterocycles. The van der Waals surface area contributed by atoms with Crippen LogP contribution in [0.3, 0.4) is 0 Å². The van der Waals surface area contributed by atoms with Crippen molar-refractivity contribution in [2.75, 3.05) is 0 Å². The molecule has 1 aromatic rings. The lowest BCUT2D eigenvalue weighted by Gasteiger charge is -2.32. The number of aliphatic carboxylic acids is 1. The summed E-state index contributed by atoms with van der Waals surface area (Å²) in [7, 11) is 0. The van der Waals surface area contributed by atoms with Gasteiger partial charge in [0.05, 0.1) is 5.41 Å². The Morgan fingerprint density at radius 3 is 2.25 bits per heavy atom. The van der Waals surface area contributed by atoms with Crippen LogP contribution < -0.4 is 0 Å². The Labute approximate surface area is 128 Å². The van der Waals surface area contributed by atoms with Crippen LogP contribution in [0, 0.1) is 5.41 Å². The third-order valence-electron chi connectivity index (χ3n) is 3.36. The molecule has 1 aromatic carbocycles. The summed E-state index contributed by atoms with van der Waals surface area (Å²) in [6.45, 7) is 10.9. The molecule has 20 heavy (non-hydrogen) atoms. The number of carboxylic acid groups (broad SMARTS) is 1. The fourth-order valence-electron chi connectivity index (χ4n) is 2.22. The Bertz CT molecular complexity index is 539. The molecule has 0 radical (unpaired) electrons. The molecule has 2 nitrogen and oxygen atoms in total. The number of hydrogen-bond acceptors (Lipinski definition) is 1. The molecule has 0 aliphatic heterocycles. The van der Waals surface area contributed by atoms with Gasteiger partial charge in [-0.3, -0.25) is 4.79 Å². The van der Waals surface area contributed by atoms with Crippen molar-refractivity contribution in [3.05, 3.63) is 71.3 Å². The van der Waals surface area contributed by atoms with Crippen LogP contribution in [0.25, 0.3) is 0 Å². The van der Waals surface area contributed by atoms with Crippen molar-refractivity contribution in [2.45, 2.75) is 19.8 Å². The van der Waals surface area contributed by atoms with Gasteiger partial charge in [0, 0.05) is 10.4 Å². The largest absolute Gasteiger partial charge is 0.481 e. The maximum absolute atomic E-state index is 11.6. The predicted octanol–water partition coefficient (Wildman–Crippen LogP) is 4.94. The quantitative estimate of drug-likeness (QED) is 0.748. The van der Waals surface area contributed by atoms with Gasteiger partial charge in [0.1, 0.15) is 0 Å². The van der Waals surface area contributed by atoms with Crippen molar-refractivity contribution in [2.24, 2.45) is 5.41 Å². The van der Waals surface area contributed by atoms with E-state index in [4.69, 9.17) is 0 Å². The van der Waals surface area contributed by atoms with E-state index in [-0.39, 0.29) is 5.92 Å². The first-order chi connectivity index (χ1) is 9.34. The Morgan fingerprint density at radius 1 is 1.30 bits per heavy atom. The van der Waals surface area contributed by atoms with E-state index in [0.717, 1.165) is 15.6 Å². The van der Waals surface area contributed by atoms with Crippen molar-refractivity contribution in [3.8, 4) is 0 Å². The average molecular weight is 335 g/mol. The standard InChI is InChI=1S/C17H19BrO2/c1-5-7-12(6-2)15(17(3,4)16(19)20)13-8-10-14(18)11-9-13/h5-11,15H,1-2H2,3-4H3,(H,19,20)/b12-7+. The highest BCUT2D eigenvalue weighted by Gasteiger charge is 2.39. The summed E-state index contributed by atoms with van der Waals surface area (Å²) in [4.78, 5) is 11.6. The van der Waals surface area contributed by atoms with Gasteiger partial charge in [0.15, 0.2) is 0 Å². The van der Waals surface area contributed by atoms with Gasteiger partial charge < -0.3 is 5.11 Å². The van der Waals surface area contributed by atoms with Gasteiger partial charge in [-0.15, -0.1) is 0 Å². The highest BCUT2D eigenvalue weighted by molar-refractivity contribution is 9.10. The maximum Gasteiger partial charge on any atom is 0.310 e. The molecule has 0 amide bonds. The summed E-state index contributed by atoms with van der Waals surface area (Å²) < 4.78 is 0.959. The molecule has 0 fully saturated rings. The van der Waals surface area contributed by atoms with Gasteiger partial charge in [-0.1, -0.05) is 59.4 Å². The number of carbonyl (C=O) groups is 1. The molecule has 3 heteroatoms. The van der Waals surface area contributed by atoms with Crippen molar-refractivity contribution in [1.82, 2.24) is 0 Å². The molecule has 0 bridgehead atoms. The van der Waals surface area contributed by atoms with Gasteiger partial charge in [0.2, 0.25) is 0 Å². The fourth-order valence-corrected chi connectivity index (χ4v) is 2.49. The van der Waals surface area contributed by atoms with E-state index >= 15 is 0 Å². The third-order valence-corrected chi connectivity index (χ3v) is 3.88. The first kappa shape index (κ1) is 16.4. The maximum atomic E-state index is 11.6. The molecule has 0 heterocycles.